The number of nitrogens with one attached hydrogen (secondary N) is 1. The molecule has 0 atom stereocenters. The van der Waals surface area contributed by atoms with Crippen molar-refractivity contribution in [1.82, 2.24) is 20.1 Å². The number of nitrogens with zero attached hydrogens (tertiary/aromatic N) is 5. The minimum atomic E-state index is 0.125. The normalized spacial score (nSPS) is 15.2. The van der Waals surface area contributed by atoms with Gasteiger partial charge in [0.2, 0.25) is 12.4 Å². The molecule has 0 saturated carbocycles. The zero-order chi connectivity index (χ0) is 17.9. The summed E-state index contributed by atoms with van der Waals surface area (Å²) in [5.41, 5.74) is 2.33. The number of rotatable bonds is 4. The number of hydrogen-bond donors (Lipinski definition) is 1. The zero-order valence-electron chi connectivity index (χ0n) is 14.9. The highest BCUT2D eigenvalue weighted by atomic mass is 16.1. The lowest BCUT2D eigenvalue weighted by Gasteiger charge is -2.33. The molecule has 1 aliphatic heterocycles. The fourth-order valence-electron chi connectivity index (χ4n) is 2.74. The average Bonchev–Trinajstić information content (AvgIpc) is 2.62. The quantitative estimate of drug-likeness (QED) is 0.860. The van der Waals surface area contributed by atoms with Gasteiger partial charge >= 0.3 is 0 Å². The molecule has 25 heavy (non-hydrogen) atoms. The summed E-state index contributed by atoms with van der Waals surface area (Å²) >= 11 is 0. The van der Waals surface area contributed by atoms with E-state index >= 15 is 0 Å². The van der Waals surface area contributed by atoms with Gasteiger partial charge in [-0.2, -0.15) is 10.1 Å². The van der Waals surface area contributed by atoms with Gasteiger partial charge in [0.15, 0.2) is 5.82 Å². The predicted octanol–water partition coefficient (Wildman–Crippen LogP) is 2.19. The molecule has 7 nitrogen and oxygen atoms in total. The van der Waals surface area contributed by atoms with Gasteiger partial charge in [0.05, 0.1) is 6.20 Å². The Morgan fingerprint density at radius 3 is 2.36 bits per heavy atom. The fourth-order valence-corrected chi connectivity index (χ4v) is 2.74. The van der Waals surface area contributed by atoms with Crippen LogP contribution in [0.1, 0.15) is 26.3 Å². The van der Waals surface area contributed by atoms with Crippen LogP contribution < -0.4 is 10.2 Å². The first-order valence-corrected chi connectivity index (χ1v) is 8.47. The average molecular weight is 340 g/mol. The van der Waals surface area contributed by atoms with E-state index in [1.165, 1.54) is 5.56 Å². The highest BCUT2D eigenvalue weighted by molar-refractivity contribution is 5.55. The van der Waals surface area contributed by atoms with Gasteiger partial charge in [0.1, 0.15) is 0 Å². The molecule has 0 radical (unpaired) electrons. The van der Waals surface area contributed by atoms with Crippen LogP contribution in [-0.2, 0) is 10.2 Å². The summed E-state index contributed by atoms with van der Waals surface area (Å²) in [6.45, 7) is 9.46. The summed E-state index contributed by atoms with van der Waals surface area (Å²) in [7, 11) is 0. The van der Waals surface area contributed by atoms with Gasteiger partial charge in [0.25, 0.3) is 0 Å². The van der Waals surface area contributed by atoms with Crippen molar-refractivity contribution in [2.24, 2.45) is 0 Å². The Labute approximate surface area is 148 Å². The van der Waals surface area contributed by atoms with Crippen molar-refractivity contribution in [1.29, 1.82) is 0 Å². The van der Waals surface area contributed by atoms with Crippen molar-refractivity contribution in [2.75, 3.05) is 36.4 Å². The summed E-state index contributed by atoms with van der Waals surface area (Å²) in [4.78, 5) is 19.2. The van der Waals surface area contributed by atoms with E-state index in [-0.39, 0.29) is 5.41 Å². The van der Waals surface area contributed by atoms with Gasteiger partial charge in [-0.15, -0.1) is 5.10 Å². The second-order valence-corrected chi connectivity index (χ2v) is 7.22. The monoisotopic (exact) mass is 340 g/mol. The van der Waals surface area contributed by atoms with Crippen molar-refractivity contribution in [3.8, 4) is 0 Å². The molecule has 0 spiro atoms. The SMILES string of the molecule is CC(C)(C)c1ccc(Nc2nncc(N3CCN(C=O)CC3)n2)cc1. The minimum Gasteiger partial charge on any atom is -0.352 e. The first kappa shape index (κ1) is 17.1. The number of carbonyl (C=O) groups is 1. The number of benzene rings is 1. The first-order chi connectivity index (χ1) is 12.0. The Morgan fingerprint density at radius 2 is 1.76 bits per heavy atom. The van der Waals surface area contributed by atoms with E-state index in [2.05, 4.69) is 58.3 Å². The number of anilines is 3. The standard InChI is InChI=1S/C18H24N6O/c1-18(2,3)14-4-6-15(7-5-14)20-17-21-16(12-19-22-17)24-10-8-23(13-25)9-11-24/h4-7,12-13H,8-11H2,1-3H3,(H,20,21,22). The van der Waals surface area contributed by atoms with Gasteiger partial charge in [-0.05, 0) is 23.1 Å². The van der Waals surface area contributed by atoms with Crippen LogP contribution in [0.2, 0.25) is 0 Å². The number of aromatic nitrogens is 3. The van der Waals surface area contributed by atoms with Crippen LogP contribution in [0.3, 0.4) is 0 Å². The Morgan fingerprint density at radius 1 is 1.08 bits per heavy atom. The van der Waals surface area contributed by atoms with Gasteiger partial charge in [0, 0.05) is 31.9 Å². The highest BCUT2D eigenvalue weighted by Crippen LogP contribution is 2.24. The van der Waals surface area contributed by atoms with Crippen molar-refractivity contribution >= 4 is 23.9 Å². The number of hydrogen-bond acceptors (Lipinski definition) is 6. The molecule has 2 aromatic rings. The molecule has 1 N–H and O–H groups in total. The van der Waals surface area contributed by atoms with Crippen LogP contribution in [-0.4, -0.2) is 52.7 Å². The van der Waals surface area contributed by atoms with Gasteiger partial charge in [-0.1, -0.05) is 32.9 Å². The smallest absolute Gasteiger partial charge is 0.249 e. The fraction of sp³-hybridized carbons (Fsp3) is 0.444. The molecule has 7 heteroatoms. The number of carbonyl (C=O) groups excluding carboxylic acids is 1. The Bertz CT molecular complexity index is 717. The van der Waals surface area contributed by atoms with E-state index < -0.39 is 0 Å². The lowest BCUT2D eigenvalue weighted by molar-refractivity contribution is -0.118. The molecule has 1 aliphatic rings. The molecule has 0 unspecified atom stereocenters. The maximum Gasteiger partial charge on any atom is 0.249 e. The number of piperazine rings is 1. The molecule has 0 aliphatic carbocycles. The third-order valence-corrected chi connectivity index (χ3v) is 4.34. The topological polar surface area (TPSA) is 74.2 Å². The van der Waals surface area contributed by atoms with E-state index in [1.807, 2.05) is 12.1 Å². The molecule has 1 saturated heterocycles. The van der Waals surface area contributed by atoms with Crippen molar-refractivity contribution in [2.45, 2.75) is 26.2 Å². The van der Waals surface area contributed by atoms with Gasteiger partial charge in [-0.3, -0.25) is 4.79 Å². The molecule has 1 amide bonds. The van der Waals surface area contributed by atoms with Crippen LogP contribution in [0.5, 0.6) is 0 Å². The minimum absolute atomic E-state index is 0.125. The van der Waals surface area contributed by atoms with Crippen molar-refractivity contribution < 1.29 is 4.79 Å². The maximum absolute atomic E-state index is 10.8. The van der Waals surface area contributed by atoms with Crippen LogP contribution >= 0.6 is 0 Å². The van der Waals surface area contributed by atoms with Crippen molar-refractivity contribution in [3.05, 3.63) is 36.0 Å². The summed E-state index contributed by atoms with van der Waals surface area (Å²) in [6.07, 6.45) is 2.55. The molecule has 1 fully saturated rings. The van der Waals surface area contributed by atoms with Crippen LogP contribution in [0.4, 0.5) is 17.5 Å². The molecular weight excluding hydrogens is 316 g/mol. The van der Waals surface area contributed by atoms with Crippen LogP contribution in [0, 0.1) is 0 Å². The Hall–Kier alpha value is -2.70. The molecule has 1 aromatic heterocycles. The number of amides is 1. The van der Waals surface area contributed by atoms with E-state index in [4.69, 9.17) is 0 Å². The molecule has 2 heterocycles. The van der Waals surface area contributed by atoms with E-state index in [9.17, 15) is 4.79 Å². The highest BCUT2D eigenvalue weighted by Gasteiger charge is 2.18. The zero-order valence-corrected chi connectivity index (χ0v) is 14.9. The second kappa shape index (κ2) is 7.04. The van der Waals surface area contributed by atoms with E-state index in [0.717, 1.165) is 31.0 Å². The van der Waals surface area contributed by atoms with Gasteiger partial charge in [-0.25, -0.2) is 0 Å². The largest absolute Gasteiger partial charge is 0.352 e. The predicted molar refractivity (Wildman–Crippen MR) is 98.1 cm³/mol. The Kier molecular flexibility index (Phi) is 4.83. The van der Waals surface area contributed by atoms with Crippen LogP contribution in [0.25, 0.3) is 0 Å². The molecule has 1 aromatic carbocycles. The molecule has 3 rings (SSSR count). The summed E-state index contributed by atoms with van der Waals surface area (Å²) in [5, 5.41) is 11.3. The summed E-state index contributed by atoms with van der Waals surface area (Å²) < 4.78 is 0. The molecule has 132 valence electrons. The first-order valence-electron chi connectivity index (χ1n) is 8.47. The maximum atomic E-state index is 10.8. The lowest BCUT2D eigenvalue weighted by Crippen LogP contribution is -2.46. The summed E-state index contributed by atoms with van der Waals surface area (Å²) in [5.74, 6) is 1.24. The van der Waals surface area contributed by atoms with Gasteiger partial charge < -0.3 is 15.1 Å². The summed E-state index contributed by atoms with van der Waals surface area (Å²) in [6, 6.07) is 8.27. The third kappa shape index (κ3) is 4.23. The van der Waals surface area contributed by atoms with E-state index in [0.29, 0.717) is 19.0 Å². The van der Waals surface area contributed by atoms with Crippen molar-refractivity contribution in [3.63, 3.8) is 0 Å². The lowest BCUT2D eigenvalue weighted by atomic mass is 9.87. The van der Waals surface area contributed by atoms with Crippen LogP contribution in [0.15, 0.2) is 30.5 Å². The Balaban J connectivity index is 1.69. The van der Waals surface area contributed by atoms with E-state index in [1.54, 1.807) is 11.1 Å². The second-order valence-electron chi connectivity index (χ2n) is 7.22. The third-order valence-electron chi connectivity index (χ3n) is 4.34. The molecule has 0 bridgehead atoms. The molecular formula is C18H24N6O.